The lowest BCUT2D eigenvalue weighted by Crippen LogP contribution is -2.12. The highest BCUT2D eigenvalue weighted by Crippen LogP contribution is 2.34. The van der Waals surface area contributed by atoms with E-state index in [9.17, 15) is 19.1 Å². The molecule has 168 valence electrons. The molecule has 0 saturated heterocycles. The number of thiazole rings is 1. The van der Waals surface area contributed by atoms with Crippen LogP contribution in [0.3, 0.4) is 0 Å². The molecule has 0 unspecified atom stereocenters. The third-order valence-electron chi connectivity index (χ3n) is 4.45. The summed E-state index contributed by atoms with van der Waals surface area (Å²) in [6, 6.07) is 19.9. The van der Waals surface area contributed by atoms with Gasteiger partial charge in [0.15, 0.2) is 5.13 Å². The van der Waals surface area contributed by atoms with Gasteiger partial charge in [0.1, 0.15) is 23.9 Å². The minimum Gasteiger partial charge on any atom is -0.489 e. The van der Waals surface area contributed by atoms with Gasteiger partial charge in [-0.05, 0) is 42.0 Å². The Hall–Kier alpha value is -3.49. The smallest absolute Gasteiger partial charge is 0.356 e. The minimum absolute atomic E-state index is 0.113. The number of carbonyl (C=O) groups is 1. The van der Waals surface area contributed by atoms with Gasteiger partial charge in [0.25, 0.3) is 5.91 Å². The number of rotatable bonds is 8. The van der Waals surface area contributed by atoms with Gasteiger partial charge in [0, 0.05) is 23.2 Å². The number of aromatic nitrogens is 1. The first kappa shape index (κ1) is 22.7. The Balaban J connectivity index is 1.58. The van der Waals surface area contributed by atoms with Crippen LogP contribution in [-0.2, 0) is 11.2 Å². The van der Waals surface area contributed by atoms with Crippen LogP contribution in [0.15, 0.2) is 84.4 Å². The topological polar surface area (TPSA) is 118 Å². The lowest BCUT2D eigenvalue weighted by atomic mass is 10.2. The van der Waals surface area contributed by atoms with E-state index < -0.39 is 7.60 Å². The van der Waals surface area contributed by atoms with Gasteiger partial charge in [-0.15, -0.1) is 11.3 Å². The van der Waals surface area contributed by atoms with E-state index in [0.717, 1.165) is 5.56 Å². The Kier molecular flexibility index (Phi) is 6.86. The fourth-order valence-electron chi connectivity index (χ4n) is 2.88. The van der Waals surface area contributed by atoms with Gasteiger partial charge in [-0.1, -0.05) is 30.3 Å². The highest BCUT2D eigenvalue weighted by Gasteiger charge is 2.17. The zero-order valence-electron chi connectivity index (χ0n) is 17.1. The van der Waals surface area contributed by atoms with Crippen LogP contribution in [-0.4, -0.2) is 20.7 Å². The molecule has 4 rings (SSSR count). The molecule has 0 bridgehead atoms. The lowest BCUT2D eigenvalue weighted by molar-refractivity contribution is 0.102. The SMILES string of the molecule is O=C(Nc1nccs1)c1cc(OCc2ccccc2)cc(Oc2ccc(P(=O)(O)O)cc2)c1. The van der Waals surface area contributed by atoms with E-state index in [1.165, 1.54) is 35.6 Å². The fraction of sp³-hybridized carbons (Fsp3) is 0.0435. The predicted octanol–water partition coefficient (Wildman–Crippen LogP) is 4.57. The van der Waals surface area contributed by atoms with Gasteiger partial charge >= 0.3 is 7.60 Å². The number of carbonyl (C=O) groups excluding carboxylic acids is 1. The van der Waals surface area contributed by atoms with Crippen molar-refractivity contribution in [3.05, 3.63) is 95.5 Å². The number of hydrogen-bond donors (Lipinski definition) is 3. The molecule has 4 aromatic rings. The van der Waals surface area contributed by atoms with Crippen molar-refractivity contribution in [1.82, 2.24) is 4.98 Å². The molecule has 0 aliphatic heterocycles. The number of amides is 1. The molecular weight excluding hydrogens is 463 g/mol. The summed E-state index contributed by atoms with van der Waals surface area (Å²) in [5.41, 5.74) is 1.27. The van der Waals surface area contributed by atoms with Gasteiger partial charge in [0.05, 0.1) is 5.30 Å². The van der Waals surface area contributed by atoms with Crippen LogP contribution < -0.4 is 20.1 Å². The predicted molar refractivity (Wildman–Crippen MR) is 125 cm³/mol. The van der Waals surface area contributed by atoms with Crippen LogP contribution in [0.4, 0.5) is 5.13 Å². The maximum Gasteiger partial charge on any atom is 0.356 e. The van der Waals surface area contributed by atoms with Crippen LogP contribution in [0.25, 0.3) is 0 Å². The van der Waals surface area contributed by atoms with Crippen molar-refractivity contribution < 1.29 is 28.6 Å². The normalized spacial score (nSPS) is 11.1. The first-order chi connectivity index (χ1) is 15.9. The average molecular weight is 482 g/mol. The average Bonchev–Trinajstić information content (AvgIpc) is 3.31. The Bertz CT molecular complexity index is 1270. The summed E-state index contributed by atoms with van der Waals surface area (Å²) in [6.45, 7) is 0.300. The second-order valence-electron chi connectivity index (χ2n) is 6.90. The third-order valence-corrected chi connectivity index (χ3v) is 6.11. The molecule has 8 nitrogen and oxygen atoms in total. The first-order valence-electron chi connectivity index (χ1n) is 9.73. The summed E-state index contributed by atoms with van der Waals surface area (Å²) in [5, 5.41) is 4.83. The molecule has 33 heavy (non-hydrogen) atoms. The molecule has 3 aromatic carbocycles. The molecule has 1 aromatic heterocycles. The third kappa shape index (κ3) is 6.27. The zero-order chi connectivity index (χ0) is 23.3. The van der Waals surface area contributed by atoms with E-state index in [4.69, 9.17) is 9.47 Å². The van der Waals surface area contributed by atoms with Crippen molar-refractivity contribution in [2.24, 2.45) is 0 Å². The second kappa shape index (κ2) is 9.97. The molecule has 1 heterocycles. The standard InChI is InChI=1S/C23H19N2O6PS/c26-22(25-23-24-10-11-33-23)17-12-19(30-15-16-4-2-1-3-5-16)14-20(13-17)31-18-6-8-21(9-7-18)32(27,28)29/h1-14H,15H2,(H,24,25,26)(H2,27,28,29). The molecule has 3 N–H and O–H groups in total. The van der Waals surface area contributed by atoms with E-state index in [2.05, 4.69) is 10.3 Å². The number of benzene rings is 3. The maximum atomic E-state index is 12.8. The Morgan fingerprint density at radius 3 is 2.36 bits per heavy atom. The number of ether oxygens (including phenoxy) is 2. The molecule has 0 atom stereocenters. The van der Waals surface area contributed by atoms with E-state index >= 15 is 0 Å². The number of nitrogens with one attached hydrogen (secondary N) is 1. The highest BCUT2D eigenvalue weighted by molar-refractivity contribution is 7.60. The van der Waals surface area contributed by atoms with Gasteiger partial charge in [0.2, 0.25) is 0 Å². The van der Waals surface area contributed by atoms with Crippen LogP contribution in [0.5, 0.6) is 17.2 Å². The quantitative estimate of drug-likeness (QED) is 0.315. The summed E-state index contributed by atoms with van der Waals surface area (Å²) in [6.07, 6.45) is 1.59. The fourth-order valence-corrected chi connectivity index (χ4v) is 3.95. The lowest BCUT2D eigenvalue weighted by Gasteiger charge is -2.13. The van der Waals surface area contributed by atoms with Crippen molar-refractivity contribution in [3.8, 4) is 17.2 Å². The number of anilines is 1. The van der Waals surface area contributed by atoms with Gasteiger partial charge in [-0.2, -0.15) is 0 Å². The summed E-state index contributed by atoms with van der Waals surface area (Å²) in [4.78, 5) is 35.3. The minimum atomic E-state index is -4.35. The Morgan fingerprint density at radius 1 is 0.970 bits per heavy atom. The Labute approximate surface area is 193 Å². The molecule has 0 fully saturated rings. The molecule has 0 spiro atoms. The van der Waals surface area contributed by atoms with Crippen molar-refractivity contribution in [1.29, 1.82) is 0 Å². The van der Waals surface area contributed by atoms with Gasteiger partial charge in [-0.3, -0.25) is 14.7 Å². The summed E-state index contributed by atoms with van der Waals surface area (Å²) in [7, 11) is -4.35. The monoisotopic (exact) mass is 482 g/mol. The van der Waals surface area contributed by atoms with E-state index in [1.807, 2.05) is 30.3 Å². The van der Waals surface area contributed by atoms with E-state index in [1.54, 1.807) is 29.8 Å². The van der Waals surface area contributed by atoms with Crippen molar-refractivity contribution in [3.63, 3.8) is 0 Å². The molecule has 0 radical (unpaired) electrons. The van der Waals surface area contributed by atoms with Crippen LogP contribution in [0.1, 0.15) is 15.9 Å². The second-order valence-corrected chi connectivity index (χ2v) is 9.40. The molecule has 1 amide bonds. The number of hydrogen-bond acceptors (Lipinski definition) is 6. The van der Waals surface area contributed by atoms with Crippen LogP contribution in [0.2, 0.25) is 0 Å². The van der Waals surface area contributed by atoms with E-state index in [-0.39, 0.29) is 11.2 Å². The maximum absolute atomic E-state index is 12.8. The van der Waals surface area contributed by atoms with Crippen LogP contribution in [0, 0.1) is 0 Å². The molecule has 0 aliphatic carbocycles. The summed E-state index contributed by atoms with van der Waals surface area (Å²) < 4.78 is 23.1. The van der Waals surface area contributed by atoms with E-state index in [0.29, 0.717) is 34.6 Å². The van der Waals surface area contributed by atoms with Gasteiger partial charge < -0.3 is 19.3 Å². The number of nitrogens with zero attached hydrogens (tertiary/aromatic N) is 1. The molecule has 10 heteroatoms. The largest absolute Gasteiger partial charge is 0.489 e. The molecular formula is C23H19N2O6PS. The summed E-state index contributed by atoms with van der Waals surface area (Å²) in [5.74, 6) is 0.719. The first-order valence-corrected chi connectivity index (χ1v) is 12.2. The highest BCUT2D eigenvalue weighted by atomic mass is 32.1. The van der Waals surface area contributed by atoms with Crippen molar-refractivity contribution in [2.75, 3.05) is 5.32 Å². The molecule has 0 aliphatic rings. The van der Waals surface area contributed by atoms with Crippen molar-refractivity contribution in [2.45, 2.75) is 6.61 Å². The van der Waals surface area contributed by atoms with Crippen molar-refractivity contribution >= 4 is 35.3 Å². The zero-order valence-corrected chi connectivity index (χ0v) is 18.8. The summed E-state index contributed by atoms with van der Waals surface area (Å²) >= 11 is 1.30. The molecule has 0 saturated carbocycles. The Morgan fingerprint density at radius 2 is 1.70 bits per heavy atom. The van der Waals surface area contributed by atoms with Crippen LogP contribution >= 0.6 is 18.9 Å². The van der Waals surface area contributed by atoms with Gasteiger partial charge in [-0.25, -0.2) is 4.98 Å².